The molecule has 2 atom stereocenters. The van der Waals surface area contributed by atoms with Crippen LogP contribution in [0.1, 0.15) is 31.4 Å². The number of carboxylic acids is 1. The van der Waals surface area contributed by atoms with E-state index in [-0.39, 0.29) is 23.5 Å². The minimum Gasteiger partial charge on any atom is -0.475 e. The topological polar surface area (TPSA) is 116 Å². The molecule has 3 aliphatic rings. The van der Waals surface area contributed by atoms with Crippen molar-refractivity contribution >= 4 is 17.7 Å². The van der Waals surface area contributed by atoms with E-state index in [0.717, 1.165) is 32.2 Å². The fourth-order valence-electron chi connectivity index (χ4n) is 4.12. The number of anilines is 1. The molecule has 1 aliphatic carbocycles. The van der Waals surface area contributed by atoms with Crippen LogP contribution in [0.25, 0.3) is 0 Å². The lowest BCUT2D eigenvalue weighted by atomic mass is 9.97. The summed E-state index contributed by atoms with van der Waals surface area (Å²) in [7, 11) is 0. The molecule has 2 N–H and O–H groups in total. The first-order valence-corrected chi connectivity index (χ1v) is 10.1. The van der Waals surface area contributed by atoms with Gasteiger partial charge >= 0.3 is 12.1 Å². The average Bonchev–Trinajstić information content (AvgIpc) is 3.50. The third-order valence-corrected chi connectivity index (χ3v) is 5.65. The van der Waals surface area contributed by atoms with Gasteiger partial charge in [0.1, 0.15) is 17.6 Å². The van der Waals surface area contributed by atoms with Gasteiger partial charge < -0.3 is 20.1 Å². The zero-order chi connectivity index (χ0) is 23.4. The number of hydrogen-bond donors (Lipinski definition) is 2. The van der Waals surface area contributed by atoms with Gasteiger partial charge in [0, 0.05) is 25.4 Å². The monoisotopic (exact) mass is 452 g/mol. The Balaban J connectivity index is 0.000000360. The predicted molar refractivity (Wildman–Crippen MR) is 106 cm³/mol. The fraction of sp³-hybridized carbons (Fsp3) is 0.524. The third kappa shape index (κ3) is 5.76. The van der Waals surface area contributed by atoms with E-state index in [9.17, 15) is 18.0 Å². The van der Waals surface area contributed by atoms with Crippen molar-refractivity contribution in [2.24, 2.45) is 5.92 Å². The third-order valence-electron chi connectivity index (χ3n) is 5.65. The minimum absolute atomic E-state index is 0.128. The number of rotatable bonds is 3. The molecule has 1 aromatic heterocycles. The van der Waals surface area contributed by atoms with E-state index in [0.29, 0.717) is 24.7 Å². The molecule has 11 heteroatoms. The quantitative estimate of drug-likeness (QED) is 0.678. The van der Waals surface area contributed by atoms with E-state index in [4.69, 9.17) is 19.9 Å². The Morgan fingerprint density at radius 1 is 1.31 bits per heavy atom. The number of nitriles is 1. The maximum atomic E-state index is 12.6. The van der Waals surface area contributed by atoms with Crippen molar-refractivity contribution in [3.63, 3.8) is 0 Å². The van der Waals surface area contributed by atoms with Crippen molar-refractivity contribution in [1.29, 1.82) is 5.26 Å². The predicted octanol–water partition coefficient (Wildman–Crippen LogP) is 2.72. The Hall–Kier alpha value is -3.13. The van der Waals surface area contributed by atoms with E-state index in [2.05, 4.69) is 28.5 Å². The van der Waals surface area contributed by atoms with Crippen LogP contribution in [-0.4, -0.2) is 64.4 Å². The number of nitrogens with zero attached hydrogens (tertiary/aromatic N) is 3. The molecular weight excluding hydrogens is 429 g/mol. The SMILES string of the molecule is N#Cc1cccc(NC2COC3(CCN(C(=O)C4CC=CC4)C3)C2)n1.O=C(O)C(F)(F)F. The molecule has 2 saturated heterocycles. The Labute approximate surface area is 182 Å². The number of ether oxygens (including phenoxy) is 1. The molecule has 172 valence electrons. The number of carboxylic acid groups (broad SMARTS) is 1. The van der Waals surface area contributed by atoms with Crippen LogP contribution >= 0.6 is 0 Å². The maximum absolute atomic E-state index is 12.6. The van der Waals surface area contributed by atoms with E-state index < -0.39 is 12.1 Å². The Bertz CT molecular complexity index is 922. The number of nitrogens with one attached hydrogen (secondary N) is 1. The van der Waals surface area contributed by atoms with Crippen LogP contribution in [0.2, 0.25) is 0 Å². The van der Waals surface area contributed by atoms with Crippen molar-refractivity contribution in [3.05, 3.63) is 36.0 Å². The fourth-order valence-corrected chi connectivity index (χ4v) is 4.12. The number of carbonyl (C=O) groups is 2. The summed E-state index contributed by atoms with van der Waals surface area (Å²) in [5.41, 5.74) is 0.174. The molecule has 8 nitrogen and oxygen atoms in total. The number of amides is 1. The van der Waals surface area contributed by atoms with Crippen LogP contribution < -0.4 is 5.32 Å². The first kappa shape index (κ1) is 23.5. The molecule has 0 radical (unpaired) electrons. The van der Waals surface area contributed by atoms with Crippen molar-refractivity contribution in [2.75, 3.05) is 25.0 Å². The summed E-state index contributed by atoms with van der Waals surface area (Å²) < 4.78 is 37.9. The lowest BCUT2D eigenvalue weighted by molar-refractivity contribution is -0.192. The lowest BCUT2D eigenvalue weighted by Gasteiger charge is -2.25. The minimum atomic E-state index is -5.08. The highest BCUT2D eigenvalue weighted by molar-refractivity contribution is 5.80. The standard InChI is InChI=1S/C19H22N4O2.C2HF3O2/c20-11-15-6-3-7-17(21-15)22-16-10-19(25-12-16)8-9-23(13-19)18(24)14-4-1-2-5-14;3-2(4,5)1(6)7/h1-3,6-7,14,16H,4-5,8-10,12-13H2,(H,21,22);(H,6,7). The van der Waals surface area contributed by atoms with Gasteiger partial charge in [0.2, 0.25) is 5.91 Å². The molecule has 1 spiro atoms. The van der Waals surface area contributed by atoms with Crippen LogP contribution in [0.4, 0.5) is 19.0 Å². The van der Waals surface area contributed by atoms with E-state index >= 15 is 0 Å². The molecule has 32 heavy (non-hydrogen) atoms. The van der Waals surface area contributed by atoms with E-state index in [1.165, 1.54) is 0 Å². The molecule has 1 aromatic rings. The van der Waals surface area contributed by atoms with Gasteiger partial charge in [-0.05, 0) is 31.4 Å². The molecule has 2 fully saturated rings. The smallest absolute Gasteiger partial charge is 0.475 e. The van der Waals surface area contributed by atoms with Crippen LogP contribution in [0.3, 0.4) is 0 Å². The maximum Gasteiger partial charge on any atom is 0.490 e. The first-order chi connectivity index (χ1) is 15.1. The zero-order valence-electron chi connectivity index (χ0n) is 17.1. The number of aliphatic carboxylic acids is 1. The van der Waals surface area contributed by atoms with Crippen LogP contribution in [0.15, 0.2) is 30.4 Å². The van der Waals surface area contributed by atoms with Crippen LogP contribution in [-0.2, 0) is 14.3 Å². The van der Waals surface area contributed by atoms with Crippen LogP contribution in [0.5, 0.6) is 0 Å². The van der Waals surface area contributed by atoms with Crippen molar-refractivity contribution in [2.45, 2.75) is 43.5 Å². The molecule has 0 bridgehead atoms. The molecule has 4 rings (SSSR count). The summed E-state index contributed by atoms with van der Waals surface area (Å²) in [4.78, 5) is 27.7. The van der Waals surface area contributed by atoms with Gasteiger partial charge in [0.05, 0.1) is 18.2 Å². The lowest BCUT2D eigenvalue weighted by Crippen LogP contribution is -2.38. The largest absolute Gasteiger partial charge is 0.490 e. The number of carbonyl (C=O) groups excluding carboxylic acids is 1. The summed E-state index contributed by atoms with van der Waals surface area (Å²) in [6.45, 7) is 2.07. The van der Waals surface area contributed by atoms with Gasteiger partial charge in [0.25, 0.3) is 0 Å². The summed E-state index contributed by atoms with van der Waals surface area (Å²) in [6, 6.07) is 7.59. The molecule has 2 unspecified atom stereocenters. The molecule has 0 saturated carbocycles. The van der Waals surface area contributed by atoms with Crippen molar-refractivity contribution in [1.82, 2.24) is 9.88 Å². The Morgan fingerprint density at radius 3 is 2.62 bits per heavy atom. The highest BCUT2D eigenvalue weighted by Gasteiger charge is 2.47. The van der Waals surface area contributed by atoms with Gasteiger partial charge in [-0.1, -0.05) is 18.2 Å². The number of aromatic nitrogens is 1. The number of pyridine rings is 1. The van der Waals surface area contributed by atoms with Gasteiger partial charge in [-0.3, -0.25) is 4.79 Å². The highest BCUT2D eigenvalue weighted by Crippen LogP contribution is 2.37. The average molecular weight is 452 g/mol. The number of halogens is 3. The van der Waals surface area contributed by atoms with Crippen LogP contribution in [0, 0.1) is 17.2 Å². The van der Waals surface area contributed by atoms with Crippen molar-refractivity contribution in [3.8, 4) is 6.07 Å². The number of alkyl halides is 3. The number of likely N-dealkylation sites (tertiary alicyclic amines) is 1. The van der Waals surface area contributed by atoms with Gasteiger partial charge in [-0.2, -0.15) is 18.4 Å². The molecule has 1 amide bonds. The van der Waals surface area contributed by atoms with E-state index in [1.54, 1.807) is 6.07 Å². The van der Waals surface area contributed by atoms with Crippen molar-refractivity contribution < 1.29 is 32.6 Å². The summed E-state index contributed by atoms with van der Waals surface area (Å²) in [5, 5.41) is 19.4. The number of hydrogen-bond acceptors (Lipinski definition) is 6. The number of allylic oxidation sites excluding steroid dienone is 2. The molecular formula is C21H23F3N4O4. The van der Waals surface area contributed by atoms with Gasteiger partial charge in [-0.15, -0.1) is 0 Å². The molecule has 3 heterocycles. The second kappa shape index (κ2) is 9.56. The summed E-state index contributed by atoms with van der Waals surface area (Å²) in [5.74, 6) is -1.66. The second-order valence-corrected chi connectivity index (χ2v) is 8.01. The van der Waals surface area contributed by atoms with Gasteiger partial charge in [0.15, 0.2) is 0 Å². The molecule has 2 aliphatic heterocycles. The Kier molecular flexibility index (Phi) is 7.03. The Morgan fingerprint density at radius 2 is 2.00 bits per heavy atom. The second-order valence-electron chi connectivity index (χ2n) is 8.01. The summed E-state index contributed by atoms with van der Waals surface area (Å²) >= 11 is 0. The van der Waals surface area contributed by atoms with Gasteiger partial charge in [-0.25, -0.2) is 9.78 Å². The zero-order valence-corrected chi connectivity index (χ0v) is 17.1. The highest BCUT2D eigenvalue weighted by atomic mass is 19.4. The first-order valence-electron chi connectivity index (χ1n) is 10.1. The van der Waals surface area contributed by atoms with E-state index in [1.807, 2.05) is 17.0 Å². The summed E-state index contributed by atoms with van der Waals surface area (Å²) in [6.07, 6.45) is 2.61. The normalized spacial score (nSPS) is 24.8. The molecule has 0 aromatic carbocycles.